The number of rotatable bonds is 27. The Hall–Kier alpha value is -4.12. The fourth-order valence-corrected chi connectivity index (χ4v) is 8.60. The third-order valence-electron chi connectivity index (χ3n) is 12.5. The zero-order valence-corrected chi connectivity index (χ0v) is 40.7. The van der Waals surface area contributed by atoms with Crippen LogP contribution in [0.3, 0.4) is 0 Å². The summed E-state index contributed by atoms with van der Waals surface area (Å²) in [7, 11) is 10.2. The van der Waals surface area contributed by atoms with Crippen molar-refractivity contribution in [1.29, 1.82) is 0 Å². The molecule has 1 unspecified atom stereocenters. The third kappa shape index (κ3) is 16.1. The Labute approximate surface area is 377 Å². The first kappa shape index (κ1) is 55.0. The van der Waals surface area contributed by atoms with Gasteiger partial charge in [-0.25, -0.2) is 0 Å². The van der Waals surface area contributed by atoms with Gasteiger partial charge in [0.1, 0.15) is 18.1 Å². The van der Waals surface area contributed by atoms with Gasteiger partial charge in [0.25, 0.3) is 0 Å². The number of methoxy groups -OCH3 is 2. The van der Waals surface area contributed by atoms with Crippen molar-refractivity contribution in [3.63, 3.8) is 0 Å². The first-order valence-electron chi connectivity index (χ1n) is 22.8. The molecule has 4 N–H and O–H groups in total. The van der Waals surface area contributed by atoms with Crippen LogP contribution >= 0.6 is 0 Å². The van der Waals surface area contributed by atoms with E-state index in [-0.39, 0.29) is 73.3 Å². The largest absolute Gasteiger partial charge is 0.464 e. The molecule has 358 valence electrons. The number of amides is 5. The number of esters is 1. The predicted octanol–water partition coefficient (Wildman–Crippen LogP) is 3.02. The number of ether oxygens (including phenoxy) is 3. The molecular formula is C47H81N7O9. The van der Waals surface area contributed by atoms with Crippen LogP contribution < -0.4 is 21.3 Å². The standard InChI is InChI=1S/C47H81N7O9/c1-15-31(6)41(53(12)46(59)39(29(2)3)51-45(58)40(30(4)5)52(10)11)37(61-13)28-38(55)54-25-19-23-36(54)42(62-14)32(7)43(56)50-35(27-34-21-17-16-18-22-34)44(57)49-24-20-26-63-47(60)33(8)48-9/h16-18,21-22,29-33,35-37,39-42,48H,15,19-20,23-28H2,1-14H3,(H,49,57)(H,50,56)(H,51,58)/t31-,32+,33+,35-,36-,37+,39-,40-,41-,42?/m0/s1. The van der Waals surface area contributed by atoms with Crippen molar-refractivity contribution in [2.24, 2.45) is 23.7 Å². The summed E-state index contributed by atoms with van der Waals surface area (Å²) in [5.74, 6) is -2.77. The number of likely N-dealkylation sites (tertiary alicyclic amines) is 1. The van der Waals surface area contributed by atoms with E-state index in [4.69, 9.17) is 14.2 Å². The maximum Gasteiger partial charge on any atom is 0.322 e. The molecule has 1 aromatic carbocycles. The summed E-state index contributed by atoms with van der Waals surface area (Å²) in [5, 5.41) is 11.7. The minimum absolute atomic E-state index is 0.0154. The molecule has 0 radical (unpaired) electrons. The molecule has 5 amide bonds. The Balaban J connectivity index is 2.26. The van der Waals surface area contributed by atoms with Gasteiger partial charge >= 0.3 is 5.97 Å². The van der Waals surface area contributed by atoms with Crippen LogP contribution in [0.2, 0.25) is 0 Å². The molecular weight excluding hydrogens is 807 g/mol. The zero-order valence-electron chi connectivity index (χ0n) is 40.7. The van der Waals surface area contributed by atoms with Crippen molar-refractivity contribution in [1.82, 2.24) is 36.0 Å². The quantitative estimate of drug-likeness (QED) is 0.0752. The van der Waals surface area contributed by atoms with E-state index >= 15 is 0 Å². The van der Waals surface area contributed by atoms with E-state index < -0.39 is 60.3 Å². The molecule has 16 nitrogen and oxygen atoms in total. The summed E-state index contributed by atoms with van der Waals surface area (Å²) in [6.07, 6.45) is 1.30. The zero-order chi connectivity index (χ0) is 47.6. The van der Waals surface area contributed by atoms with Crippen LogP contribution in [0.1, 0.15) is 93.1 Å². The highest BCUT2D eigenvalue weighted by Gasteiger charge is 2.43. The van der Waals surface area contributed by atoms with Gasteiger partial charge in [0.2, 0.25) is 29.5 Å². The summed E-state index contributed by atoms with van der Waals surface area (Å²) in [6.45, 7) is 16.1. The molecule has 1 aliphatic rings. The highest BCUT2D eigenvalue weighted by atomic mass is 16.5. The minimum atomic E-state index is -0.902. The lowest BCUT2D eigenvalue weighted by atomic mass is 9.89. The van der Waals surface area contributed by atoms with Gasteiger partial charge in [-0.05, 0) is 70.6 Å². The predicted molar refractivity (Wildman–Crippen MR) is 244 cm³/mol. The smallest absolute Gasteiger partial charge is 0.322 e. The highest BCUT2D eigenvalue weighted by molar-refractivity contribution is 5.91. The van der Waals surface area contributed by atoms with Crippen LogP contribution in [0.4, 0.5) is 0 Å². The van der Waals surface area contributed by atoms with Gasteiger partial charge in [0.05, 0.1) is 49.3 Å². The lowest BCUT2D eigenvalue weighted by molar-refractivity contribution is -0.148. The van der Waals surface area contributed by atoms with Crippen LogP contribution in [0, 0.1) is 23.7 Å². The number of hydrogen-bond acceptors (Lipinski definition) is 11. The van der Waals surface area contributed by atoms with Gasteiger partial charge in [-0.3, -0.25) is 33.7 Å². The number of hydrogen-bond donors (Lipinski definition) is 4. The lowest BCUT2D eigenvalue weighted by Crippen LogP contribution is -2.59. The molecule has 1 aromatic rings. The number of carbonyl (C=O) groups excluding carboxylic acids is 6. The molecule has 0 aromatic heterocycles. The second kappa shape index (κ2) is 27.3. The fraction of sp³-hybridized carbons (Fsp3) is 0.745. The molecule has 0 aliphatic carbocycles. The van der Waals surface area contributed by atoms with Crippen molar-refractivity contribution in [2.45, 2.75) is 142 Å². The highest BCUT2D eigenvalue weighted by Crippen LogP contribution is 2.30. The second-order valence-corrected chi connectivity index (χ2v) is 18.0. The molecule has 16 heteroatoms. The summed E-state index contributed by atoms with van der Waals surface area (Å²) in [4.78, 5) is 87.1. The average Bonchev–Trinajstić information content (AvgIpc) is 3.73. The molecule has 1 aliphatic heterocycles. The first-order valence-corrected chi connectivity index (χ1v) is 22.8. The second-order valence-electron chi connectivity index (χ2n) is 18.0. The monoisotopic (exact) mass is 888 g/mol. The van der Waals surface area contributed by atoms with Crippen molar-refractivity contribution >= 4 is 35.5 Å². The van der Waals surface area contributed by atoms with E-state index in [9.17, 15) is 28.8 Å². The number of nitrogens with zero attached hydrogens (tertiary/aromatic N) is 3. The number of nitrogens with one attached hydrogen (secondary N) is 4. The van der Waals surface area contributed by atoms with Crippen molar-refractivity contribution in [2.75, 3.05) is 62.1 Å². The van der Waals surface area contributed by atoms with E-state index in [1.54, 1.807) is 44.9 Å². The normalized spacial score (nSPS) is 18.4. The van der Waals surface area contributed by atoms with Crippen molar-refractivity contribution < 1.29 is 43.0 Å². The van der Waals surface area contributed by atoms with Gasteiger partial charge in [0, 0.05) is 40.8 Å². The maximum absolute atomic E-state index is 14.4. The molecule has 0 bridgehead atoms. The summed E-state index contributed by atoms with van der Waals surface area (Å²) >= 11 is 0. The van der Waals surface area contributed by atoms with Gasteiger partial charge in [-0.15, -0.1) is 0 Å². The van der Waals surface area contributed by atoms with Crippen LogP contribution in [-0.4, -0.2) is 161 Å². The van der Waals surface area contributed by atoms with Gasteiger partial charge in [-0.1, -0.05) is 85.2 Å². The van der Waals surface area contributed by atoms with Crippen molar-refractivity contribution in [3.8, 4) is 0 Å². The minimum Gasteiger partial charge on any atom is -0.464 e. The van der Waals surface area contributed by atoms with Crippen LogP contribution in [0.5, 0.6) is 0 Å². The van der Waals surface area contributed by atoms with Crippen LogP contribution in [0.15, 0.2) is 30.3 Å². The van der Waals surface area contributed by atoms with Crippen LogP contribution in [0.25, 0.3) is 0 Å². The molecule has 63 heavy (non-hydrogen) atoms. The van der Waals surface area contributed by atoms with Gasteiger partial charge < -0.3 is 45.3 Å². The van der Waals surface area contributed by atoms with Gasteiger partial charge in [-0.2, -0.15) is 0 Å². The maximum atomic E-state index is 14.4. The third-order valence-corrected chi connectivity index (χ3v) is 12.5. The lowest BCUT2D eigenvalue weighted by Gasteiger charge is -2.41. The number of benzene rings is 1. The summed E-state index contributed by atoms with van der Waals surface area (Å²) < 4.78 is 17.3. The van der Waals surface area contributed by atoms with Crippen molar-refractivity contribution in [3.05, 3.63) is 35.9 Å². The Bertz CT molecular complexity index is 1590. The number of likely N-dealkylation sites (N-methyl/N-ethyl adjacent to an activating group) is 3. The van der Waals surface area contributed by atoms with Crippen LogP contribution in [-0.2, 0) is 49.4 Å². The Kier molecular flexibility index (Phi) is 23.8. The fourth-order valence-electron chi connectivity index (χ4n) is 8.60. The molecule has 0 saturated carbocycles. The van der Waals surface area contributed by atoms with Gasteiger partial charge in [0.15, 0.2) is 0 Å². The first-order chi connectivity index (χ1) is 29.7. The molecule has 0 spiro atoms. The average molecular weight is 888 g/mol. The van der Waals surface area contributed by atoms with E-state index in [0.717, 1.165) is 5.56 Å². The Morgan fingerprint density at radius 1 is 0.857 bits per heavy atom. The van der Waals surface area contributed by atoms with E-state index in [2.05, 4.69) is 21.3 Å². The topological polar surface area (TPSA) is 188 Å². The Morgan fingerprint density at radius 2 is 1.51 bits per heavy atom. The number of carbonyl (C=O) groups is 6. The summed E-state index contributed by atoms with van der Waals surface area (Å²) in [5.41, 5.74) is 0.862. The molecule has 1 heterocycles. The molecule has 2 rings (SSSR count). The van der Waals surface area contributed by atoms with E-state index in [0.29, 0.717) is 32.2 Å². The molecule has 10 atom stereocenters. The Morgan fingerprint density at radius 3 is 2.05 bits per heavy atom. The van der Waals surface area contributed by atoms with E-state index in [1.165, 1.54) is 7.11 Å². The SMILES string of the molecule is CC[C@H](C)[C@@H]([C@@H](CC(=O)N1CCC[C@H]1C(OC)[C@@H](C)C(=O)N[C@@H](Cc1ccccc1)C(=O)NCCCOC(=O)[C@@H](C)NC)OC)N(C)C(=O)[C@@H](NC(=O)[C@H](C(C)C)N(C)C)C(C)C. The summed E-state index contributed by atoms with van der Waals surface area (Å²) in [6, 6.07) is 5.93. The van der Waals surface area contributed by atoms with E-state index in [1.807, 2.05) is 90.9 Å². The molecule has 1 fully saturated rings. The molecule has 1 saturated heterocycles.